The van der Waals surface area contributed by atoms with Gasteiger partial charge in [0.05, 0.1) is 0 Å². The zero-order valence-corrected chi connectivity index (χ0v) is 24.6. The van der Waals surface area contributed by atoms with Crippen molar-refractivity contribution in [1.29, 1.82) is 0 Å². The summed E-state index contributed by atoms with van der Waals surface area (Å²) in [6.45, 7) is 23.7. The highest BCUT2D eigenvalue weighted by atomic mass is 16.5. The molecule has 4 rings (SSSR count). The number of ether oxygens (including phenoxy) is 1. The number of hydrogen-bond donors (Lipinski definition) is 0. The van der Waals surface area contributed by atoms with E-state index in [1.54, 1.807) is 12.5 Å². The monoisotopic (exact) mass is 482 g/mol. The van der Waals surface area contributed by atoms with Gasteiger partial charge in [0.2, 0.25) is 0 Å². The number of carbonyl (C=O) groups excluding carboxylic acids is 1. The van der Waals surface area contributed by atoms with E-state index in [4.69, 9.17) is 4.74 Å². The molecule has 4 aliphatic carbocycles. The van der Waals surface area contributed by atoms with Crippen LogP contribution in [0, 0.1) is 45.3 Å². The normalized spacial score (nSPS) is 41.8. The van der Waals surface area contributed by atoms with Crippen LogP contribution in [-0.2, 0) is 9.53 Å². The van der Waals surface area contributed by atoms with Crippen LogP contribution in [-0.4, -0.2) is 12.1 Å². The first kappa shape index (κ1) is 27.0. The minimum Gasteiger partial charge on any atom is -0.462 e. The van der Waals surface area contributed by atoms with E-state index in [-0.39, 0.29) is 22.9 Å². The lowest BCUT2D eigenvalue weighted by Crippen LogP contribution is -2.55. The maximum Gasteiger partial charge on any atom is 0.302 e. The maximum absolute atomic E-state index is 11.8. The van der Waals surface area contributed by atoms with Crippen molar-refractivity contribution in [1.82, 2.24) is 0 Å². The average molecular weight is 483 g/mol. The highest BCUT2D eigenvalue weighted by Crippen LogP contribution is 2.72. The van der Waals surface area contributed by atoms with E-state index in [2.05, 4.69) is 68.4 Å². The number of allylic oxidation sites excluding steroid dienone is 4. The van der Waals surface area contributed by atoms with Crippen LogP contribution in [0.2, 0.25) is 0 Å². The summed E-state index contributed by atoms with van der Waals surface area (Å²) in [5.41, 5.74) is 6.29. The molecule has 0 aromatic rings. The molecule has 4 aliphatic rings. The summed E-state index contributed by atoms with van der Waals surface area (Å²) in [5.74, 6) is 2.71. The van der Waals surface area contributed by atoms with Gasteiger partial charge in [0.25, 0.3) is 0 Å². The van der Waals surface area contributed by atoms with Gasteiger partial charge in [-0.15, -0.1) is 0 Å². The molecule has 2 saturated carbocycles. The minimum atomic E-state index is -0.118. The predicted molar refractivity (Wildman–Crippen MR) is 147 cm³/mol. The van der Waals surface area contributed by atoms with Crippen LogP contribution in [0.15, 0.2) is 22.8 Å². The molecule has 0 saturated heterocycles. The summed E-state index contributed by atoms with van der Waals surface area (Å²) in [4.78, 5) is 11.8. The van der Waals surface area contributed by atoms with Crippen LogP contribution >= 0.6 is 0 Å². The Morgan fingerprint density at radius 2 is 1.63 bits per heavy atom. The smallest absolute Gasteiger partial charge is 0.302 e. The van der Waals surface area contributed by atoms with E-state index in [1.807, 2.05) is 11.1 Å². The molecule has 0 amide bonds. The lowest BCUT2D eigenvalue weighted by atomic mass is 9.43. The minimum absolute atomic E-state index is 0.0339. The highest BCUT2D eigenvalue weighted by Gasteiger charge is 2.63. The molecule has 0 N–H and O–H groups in total. The van der Waals surface area contributed by atoms with E-state index >= 15 is 0 Å². The Morgan fingerprint density at radius 1 is 0.943 bits per heavy atom. The SMILES string of the molecule is CC(=O)O[C@H]1CC[C@]2(C)C3=C(CC[C@H]2C1(C)C)[C@@]1(C)CC[C@@H]([C@@H](C)C/C=C(\C)C(C)C)[C@]1(C)CC3. The molecule has 35 heavy (non-hydrogen) atoms. The number of carbonyl (C=O) groups is 1. The molecule has 2 fully saturated rings. The zero-order chi connectivity index (χ0) is 26.0. The first-order chi connectivity index (χ1) is 16.2. The van der Waals surface area contributed by atoms with Gasteiger partial charge in [0.1, 0.15) is 6.10 Å². The van der Waals surface area contributed by atoms with E-state index in [1.165, 1.54) is 51.4 Å². The molecule has 198 valence electrons. The molecule has 0 unspecified atom stereocenters. The summed E-state index contributed by atoms with van der Waals surface area (Å²) in [7, 11) is 0. The lowest BCUT2D eigenvalue weighted by molar-refractivity contribution is -0.167. The van der Waals surface area contributed by atoms with Crippen LogP contribution in [0.25, 0.3) is 0 Å². The Kier molecular flexibility index (Phi) is 6.98. The maximum atomic E-state index is 11.8. The Bertz CT molecular complexity index is 906. The van der Waals surface area contributed by atoms with Crippen LogP contribution in [0.5, 0.6) is 0 Å². The standard InChI is InChI=1S/C33H54O2/c1-21(2)22(3)11-12-23(4)25-15-19-33(10)27-13-14-28-30(6,7)29(35-24(5)34)17-18-31(28,8)26(27)16-20-32(25,33)9/h11,21,23,25,28-29H,12-20H2,1-10H3/b22-11+/t23-,25-,28-,29-,31+,32-,33+/m0/s1. The van der Waals surface area contributed by atoms with Gasteiger partial charge in [-0.2, -0.15) is 0 Å². The van der Waals surface area contributed by atoms with Gasteiger partial charge < -0.3 is 4.74 Å². The quantitative estimate of drug-likeness (QED) is 0.288. The molecular weight excluding hydrogens is 428 g/mol. The number of fused-ring (bicyclic) bond motifs is 4. The summed E-state index contributed by atoms with van der Waals surface area (Å²) >= 11 is 0. The molecule has 0 spiro atoms. The molecule has 2 heteroatoms. The van der Waals surface area contributed by atoms with Gasteiger partial charge in [0, 0.05) is 12.3 Å². The number of hydrogen-bond acceptors (Lipinski definition) is 2. The van der Waals surface area contributed by atoms with E-state index < -0.39 is 0 Å². The molecular formula is C33H54O2. The predicted octanol–water partition coefficient (Wildman–Crippen LogP) is 9.30. The molecule has 0 bridgehead atoms. The molecule has 0 aromatic carbocycles. The topological polar surface area (TPSA) is 26.3 Å². The summed E-state index contributed by atoms with van der Waals surface area (Å²) in [6.07, 6.45) is 13.9. The van der Waals surface area contributed by atoms with Gasteiger partial charge in [-0.3, -0.25) is 4.79 Å². The third kappa shape index (κ3) is 4.08. The van der Waals surface area contributed by atoms with Crippen LogP contribution < -0.4 is 0 Å². The van der Waals surface area contributed by atoms with Crippen molar-refractivity contribution >= 4 is 5.97 Å². The van der Waals surface area contributed by atoms with Gasteiger partial charge >= 0.3 is 5.97 Å². The zero-order valence-electron chi connectivity index (χ0n) is 24.6. The molecule has 0 heterocycles. The molecule has 0 aliphatic heterocycles. The van der Waals surface area contributed by atoms with Crippen molar-refractivity contribution in [2.75, 3.05) is 0 Å². The second kappa shape index (κ2) is 9.05. The van der Waals surface area contributed by atoms with Gasteiger partial charge in [0.15, 0.2) is 0 Å². The van der Waals surface area contributed by atoms with Crippen LogP contribution in [0.1, 0.15) is 127 Å². The third-order valence-corrected chi connectivity index (χ3v) is 12.5. The van der Waals surface area contributed by atoms with Gasteiger partial charge in [-0.05, 0) is 105 Å². The van der Waals surface area contributed by atoms with Crippen molar-refractivity contribution in [3.63, 3.8) is 0 Å². The third-order valence-electron chi connectivity index (χ3n) is 12.5. The average Bonchev–Trinajstić information content (AvgIpc) is 3.05. The summed E-state index contributed by atoms with van der Waals surface area (Å²) < 4.78 is 5.88. The van der Waals surface area contributed by atoms with Crippen molar-refractivity contribution in [2.45, 2.75) is 133 Å². The first-order valence-corrected chi connectivity index (χ1v) is 14.8. The highest BCUT2D eigenvalue weighted by molar-refractivity contribution is 5.66. The Hall–Kier alpha value is -1.05. The second-order valence-corrected chi connectivity index (χ2v) is 14.6. The molecule has 7 atom stereocenters. The lowest BCUT2D eigenvalue weighted by Gasteiger charge is -2.62. The Morgan fingerprint density at radius 3 is 2.26 bits per heavy atom. The first-order valence-electron chi connectivity index (χ1n) is 14.8. The Labute approximate surface area is 216 Å². The van der Waals surface area contributed by atoms with E-state index in [9.17, 15) is 4.79 Å². The fourth-order valence-electron chi connectivity index (χ4n) is 9.80. The fraction of sp³-hybridized carbons (Fsp3) is 0.848. The fourth-order valence-corrected chi connectivity index (χ4v) is 9.80. The van der Waals surface area contributed by atoms with E-state index in [0.29, 0.717) is 22.7 Å². The van der Waals surface area contributed by atoms with Crippen molar-refractivity contribution in [3.8, 4) is 0 Å². The second-order valence-electron chi connectivity index (χ2n) is 14.6. The molecule has 0 aromatic heterocycles. The molecule has 0 radical (unpaired) electrons. The summed E-state index contributed by atoms with van der Waals surface area (Å²) in [5, 5.41) is 0. The largest absolute Gasteiger partial charge is 0.462 e. The van der Waals surface area contributed by atoms with Crippen LogP contribution in [0.4, 0.5) is 0 Å². The molecule has 2 nitrogen and oxygen atoms in total. The van der Waals surface area contributed by atoms with Gasteiger partial charge in [-0.1, -0.05) is 78.2 Å². The van der Waals surface area contributed by atoms with Crippen LogP contribution in [0.3, 0.4) is 0 Å². The van der Waals surface area contributed by atoms with Crippen molar-refractivity contribution in [2.24, 2.45) is 45.3 Å². The summed E-state index contributed by atoms with van der Waals surface area (Å²) in [6, 6.07) is 0. The van der Waals surface area contributed by atoms with E-state index in [0.717, 1.165) is 18.3 Å². The van der Waals surface area contributed by atoms with Crippen molar-refractivity contribution in [3.05, 3.63) is 22.8 Å². The van der Waals surface area contributed by atoms with Crippen molar-refractivity contribution < 1.29 is 9.53 Å². The number of rotatable bonds is 5. The Balaban J connectivity index is 1.63. The van der Waals surface area contributed by atoms with Gasteiger partial charge in [-0.25, -0.2) is 0 Å². The number of esters is 1.